The van der Waals surface area contributed by atoms with Gasteiger partial charge in [-0.3, -0.25) is 19.8 Å². The van der Waals surface area contributed by atoms with Gasteiger partial charge in [0.15, 0.2) is 0 Å². The zero-order chi connectivity index (χ0) is 17.0. The molecule has 0 aliphatic rings. The molecule has 0 bridgehead atoms. The van der Waals surface area contributed by atoms with Crippen LogP contribution in [0.25, 0.3) is 0 Å². The van der Waals surface area contributed by atoms with E-state index in [1.54, 1.807) is 12.1 Å². The van der Waals surface area contributed by atoms with Crippen LogP contribution in [0.2, 0.25) is 5.02 Å². The van der Waals surface area contributed by atoms with Crippen LogP contribution < -0.4 is 5.73 Å². The normalized spacial score (nSPS) is 10.7. The van der Waals surface area contributed by atoms with Crippen LogP contribution in [0, 0.1) is 10.1 Å². The number of nitrogens with two attached hydrogens (primary N) is 1. The maximum atomic E-state index is 11.0. The lowest BCUT2D eigenvalue weighted by Crippen LogP contribution is -2.18. The molecule has 0 heterocycles. The minimum atomic E-state index is -0.465. The molecule has 6 nitrogen and oxygen atoms in total. The van der Waals surface area contributed by atoms with E-state index in [9.17, 15) is 14.9 Å². The highest BCUT2D eigenvalue weighted by Crippen LogP contribution is 2.23. The van der Waals surface area contributed by atoms with Gasteiger partial charge in [-0.15, -0.1) is 0 Å². The zero-order valence-electron chi connectivity index (χ0n) is 12.5. The maximum Gasteiger partial charge on any atom is 0.269 e. The van der Waals surface area contributed by atoms with Crippen molar-refractivity contribution in [3.05, 3.63) is 74.3 Å². The first-order chi connectivity index (χ1) is 10.9. The van der Waals surface area contributed by atoms with Crippen molar-refractivity contribution >= 4 is 23.2 Å². The van der Waals surface area contributed by atoms with Gasteiger partial charge in [0.25, 0.3) is 5.69 Å². The van der Waals surface area contributed by atoms with Crippen molar-refractivity contribution < 1.29 is 9.72 Å². The van der Waals surface area contributed by atoms with Gasteiger partial charge in [0.1, 0.15) is 0 Å². The maximum absolute atomic E-state index is 11.0. The lowest BCUT2D eigenvalue weighted by Gasteiger charge is -2.17. The van der Waals surface area contributed by atoms with Crippen LogP contribution in [0.1, 0.15) is 21.5 Å². The third-order valence-corrected chi connectivity index (χ3v) is 3.74. The summed E-state index contributed by atoms with van der Waals surface area (Å²) in [7, 11) is 1.89. The molecule has 0 saturated heterocycles. The Bertz CT molecular complexity index is 732. The predicted octanol–water partition coefficient (Wildman–Crippen LogP) is 2.98. The largest absolute Gasteiger partial charge is 0.366 e. The molecule has 23 heavy (non-hydrogen) atoms. The summed E-state index contributed by atoms with van der Waals surface area (Å²) in [5, 5.41) is 11.3. The standard InChI is InChI=1S/C16H16ClN3O3/c1-19(9-11-2-4-12(5-3-11)16(18)21)10-13-8-14(20(22)23)6-7-15(13)17/h2-8H,9-10H2,1H3,(H2,18,21). The van der Waals surface area contributed by atoms with Crippen molar-refractivity contribution in [1.82, 2.24) is 4.90 Å². The summed E-state index contributed by atoms with van der Waals surface area (Å²) in [4.78, 5) is 23.4. The second kappa shape index (κ2) is 7.21. The molecule has 2 N–H and O–H groups in total. The first kappa shape index (κ1) is 16.9. The van der Waals surface area contributed by atoms with E-state index in [0.717, 1.165) is 5.56 Å². The van der Waals surface area contributed by atoms with Crippen LogP contribution >= 0.6 is 11.6 Å². The van der Waals surface area contributed by atoms with Crippen molar-refractivity contribution in [2.24, 2.45) is 5.73 Å². The van der Waals surface area contributed by atoms with Gasteiger partial charge in [-0.1, -0.05) is 23.7 Å². The summed E-state index contributed by atoms with van der Waals surface area (Å²) >= 11 is 6.10. The number of amides is 1. The van der Waals surface area contributed by atoms with Crippen LogP contribution in [-0.4, -0.2) is 22.8 Å². The van der Waals surface area contributed by atoms with Gasteiger partial charge in [-0.2, -0.15) is 0 Å². The summed E-state index contributed by atoms with van der Waals surface area (Å²) < 4.78 is 0. The quantitative estimate of drug-likeness (QED) is 0.650. The average molecular weight is 334 g/mol. The fourth-order valence-corrected chi connectivity index (χ4v) is 2.41. The number of benzene rings is 2. The number of rotatable bonds is 6. The molecule has 0 saturated carbocycles. The SMILES string of the molecule is CN(Cc1ccc(C(N)=O)cc1)Cc1cc([N+](=O)[O-])ccc1Cl. The molecule has 2 aromatic rings. The monoisotopic (exact) mass is 333 g/mol. The molecule has 120 valence electrons. The zero-order valence-corrected chi connectivity index (χ0v) is 13.3. The van der Waals surface area contributed by atoms with Crippen LogP contribution in [-0.2, 0) is 13.1 Å². The van der Waals surface area contributed by atoms with Gasteiger partial charge in [0, 0.05) is 35.8 Å². The Hall–Kier alpha value is -2.44. The lowest BCUT2D eigenvalue weighted by molar-refractivity contribution is -0.384. The molecule has 2 rings (SSSR count). The molecule has 0 aliphatic carbocycles. The van der Waals surface area contributed by atoms with Gasteiger partial charge >= 0.3 is 0 Å². The number of nitrogens with zero attached hydrogens (tertiary/aromatic N) is 2. The Balaban J connectivity index is 2.07. The summed E-state index contributed by atoms with van der Waals surface area (Å²) in [5.41, 5.74) is 7.37. The highest BCUT2D eigenvalue weighted by Gasteiger charge is 2.12. The van der Waals surface area contributed by atoms with Gasteiger partial charge < -0.3 is 5.73 Å². The second-order valence-electron chi connectivity index (χ2n) is 5.27. The smallest absolute Gasteiger partial charge is 0.269 e. The number of nitro groups is 1. The number of primary amides is 1. The first-order valence-electron chi connectivity index (χ1n) is 6.87. The Morgan fingerprint density at radius 3 is 2.43 bits per heavy atom. The number of carbonyl (C=O) groups is 1. The third-order valence-electron chi connectivity index (χ3n) is 3.37. The number of carbonyl (C=O) groups excluding carboxylic acids is 1. The number of hydrogen-bond donors (Lipinski definition) is 1. The van der Waals surface area contributed by atoms with Gasteiger partial charge in [0.05, 0.1) is 4.92 Å². The van der Waals surface area contributed by atoms with Gasteiger partial charge in [0.2, 0.25) is 5.91 Å². The molecule has 1 amide bonds. The van der Waals surface area contributed by atoms with E-state index in [2.05, 4.69) is 0 Å². The molecule has 0 unspecified atom stereocenters. The van der Waals surface area contributed by atoms with E-state index in [-0.39, 0.29) is 5.69 Å². The van der Waals surface area contributed by atoms with Crippen LogP contribution in [0.4, 0.5) is 5.69 Å². The minimum Gasteiger partial charge on any atom is -0.366 e. The van der Waals surface area contributed by atoms with Crippen molar-refractivity contribution in [1.29, 1.82) is 0 Å². The Morgan fingerprint density at radius 1 is 1.22 bits per heavy atom. The van der Waals surface area contributed by atoms with Crippen LogP contribution in [0.3, 0.4) is 0 Å². The van der Waals surface area contributed by atoms with E-state index >= 15 is 0 Å². The number of nitro benzene ring substituents is 1. The second-order valence-corrected chi connectivity index (χ2v) is 5.67. The molecule has 0 spiro atoms. The third kappa shape index (κ3) is 4.51. The Morgan fingerprint density at radius 2 is 1.87 bits per heavy atom. The molecule has 2 aromatic carbocycles. The molecule has 0 radical (unpaired) electrons. The predicted molar refractivity (Wildman–Crippen MR) is 88.2 cm³/mol. The molecular weight excluding hydrogens is 318 g/mol. The van der Waals surface area contributed by atoms with E-state index in [1.165, 1.54) is 18.2 Å². The molecular formula is C16H16ClN3O3. The van der Waals surface area contributed by atoms with Crippen molar-refractivity contribution in [2.45, 2.75) is 13.1 Å². The van der Waals surface area contributed by atoms with E-state index < -0.39 is 10.8 Å². The minimum absolute atomic E-state index is 0.0172. The van der Waals surface area contributed by atoms with E-state index in [0.29, 0.717) is 29.2 Å². The highest BCUT2D eigenvalue weighted by molar-refractivity contribution is 6.31. The molecule has 0 fully saturated rings. The van der Waals surface area contributed by atoms with Crippen molar-refractivity contribution in [3.8, 4) is 0 Å². The van der Waals surface area contributed by atoms with E-state index in [1.807, 2.05) is 24.1 Å². The highest BCUT2D eigenvalue weighted by atomic mass is 35.5. The summed E-state index contributed by atoms with van der Waals surface area (Å²) in [6.07, 6.45) is 0. The van der Waals surface area contributed by atoms with Gasteiger partial charge in [-0.25, -0.2) is 0 Å². The van der Waals surface area contributed by atoms with E-state index in [4.69, 9.17) is 17.3 Å². The van der Waals surface area contributed by atoms with Crippen molar-refractivity contribution in [2.75, 3.05) is 7.05 Å². The van der Waals surface area contributed by atoms with Crippen LogP contribution in [0.15, 0.2) is 42.5 Å². The summed E-state index contributed by atoms with van der Waals surface area (Å²) in [5.74, 6) is -0.465. The summed E-state index contributed by atoms with van der Waals surface area (Å²) in [6, 6.07) is 11.4. The van der Waals surface area contributed by atoms with Gasteiger partial charge in [-0.05, 0) is 36.4 Å². The molecule has 0 atom stereocenters. The fourth-order valence-electron chi connectivity index (χ4n) is 2.23. The molecule has 0 aliphatic heterocycles. The number of non-ortho nitro benzene ring substituents is 1. The Kier molecular flexibility index (Phi) is 5.31. The fraction of sp³-hybridized carbons (Fsp3) is 0.188. The topological polar surface area (TPSA) is 89.5 Å². The Labute approximate surface area is 138 Å². The average Bonchev–Trinajstić information content (AvgIpc) is 2.49. The lowest BCUT2D eigenvalue weighted by atomic mass is 10.1. The molecule has 0 aromatic heterocycles. The number of hydrogen-bond acceptors (Lipinski definition) is 4. The number of halogens is 1. The first-order valence-corrected chi connectivity index (χ1v) is 7.24. The van der Waals surface area contributed by atoms with Crippen LogP contribution in [0.5, 0.6) is 0 Å². The van der Waals surface area contributed by atoms with Crippen molar-refractivity contribution in [3.63, 3.8) is 0 Å². The summed E-state index contributed by atoms with van der Waals surface area (Å²) in [6.45, 7) is 1.08. The molecule has 7 heteroatoms.